The maximum atomic E-state index is 10.2. The molecule has 7 heteroatoms. The molecule has 0 aliphatic carbocycles. The zero-order valence-corrected chi connectivity index (χ0v) is 23.4. The van der Waals surface area contributed by atoms with Crippen LogP contribution in [0.5, 0.6) is 0 Å². The minimum atomic E-state index is -3.46. The number of aliphatic hydroxyl groups excluding tert-OH is 2. The molecule has 0 aliphatic heterocycles. The van der Waals surface area contributed by atoms with Crippen LogP contribution in [0.3, 0.4) is 0 Å². The Balaban J connectivity index is 0.000000177. The second-order valence-electron chi connectivity index (χ2n) is 9.16. The van der Waals surface area contributed by atoms with Gasteiger partial charge < -0.3 is 15.3 Å². The van der Waals surface area contributed by atoms with E-state index in [1.54, 1.807) is 54.6 Å². The van der Waals surface area contributed by atoms with Gasteiger partial charge in [-0.25, -0.2) is 4.79 Å². The third kappa shape index (κ3) is 10.1. The van der Waals surface area contributed by atoms with Crippen molar-refractivity contribution in [1.82, 2.24) is 0 Å². The van der Waals surface area contributed by atoms with E-state index in [1.807, 2.05) is 97.1 Å². The molecular weight excluding hydrogens is 535 g/mol. The Bertz CT molecular complexity index is 1330. The third-order valence-corrected chi connectivity index (χ3v) is 8.47. The van der Waals surface area contributed by atoms with Gasteiger partial charge >= 0.3 is 94.7 Å². The minimum absolute atomic E-state index is 0.314. The van der Waals surface area contributed by atoms with Crippen LogP contribution >= 0.6 is 7.72 Å². The summed E-state index contributed by atoms with van der Waals surface area (Å²) in [5, 5.41) is 29.6. The number of aliphatic hydroxyl groups is 2. The van der Waals surface area contributed by atoms with E-state index in [4.69, 9.17) is 5.11 Å². The van der Waals surface area contributed by atoms with Gasteiger partial charge in [0.25, 0.3) is 0 Å². The van der Waals surface area contributed by atoms with Crippen LogP contribution in [0.25, 0.3) is 0 Å². The van der Waals surface area contributed by atoms with Crippen LogP contribution in [0.1, 0.15) is 40.1 Å². The number of carbonyl (C=O) groups is 1. The topological polar surface area (TPSA) is 118 Å². The van der Waals surface area contributed by atoms with E-state index in [9.17, 15) is 24.8 Å². The molecule has 0 radical (unpaired) electrons. The molecule has 5 aromatic rings. The van der Waals surface area contributed by atoms with Crippen molar-refractivity contribution in [2.75, 3.05) is 0 Å². The van der Waals surface area contributed by atoms with E-state index in [0.29, 0.717) is 22.6 Å². The number of carboxylic acids is 1. The second-order valence-corrected chi connectivity index (χ2v) is 11.7. The Kier molecular flexibility index (Phi) is 12.4. The molecule has 0 saturated heterocycles. The Morgan fingerprint density at radius 1 is 0.512 bits per heavy atom. The number of carboxylic acid groups (broad SMARTS) is 1. The van der Waals surface area contributed by atoms with Crippen LogP contribution in [0.4, 0.5) is 0 Å². The van der Waals surface area contributed by atoms with E-state index in [1.165, 1.54) is 0 Å². The fourth-order valence-corrected chi connectivity index (χ4v) is 5.57. The fraction of sp³-hybridized carbons (Fsp3) is 0.0882. The van der Waals surface area contributed by atoms with Crippen LogP contribution in [0.15, 0.2) is 152 Å². The summed E-state index contributed by atoms with van der Waals surface area (Å²) >= 11 is 0. The first-order valence-electron chi connectivity index (χ1n) is 13.1. The summed E-state index contributed by atoms with van der Waals surface area (Å²) in [5.74, 6) is -0.879. The Hall–Kier alpha value is -4.16. The van der Waals surface area contributed by atoms with Gasteiger partial charge in [-0.2, -0.15) is 0 Å². The first-order valence-corrected chi connectivity index (χ1v) is 15.0. The first-order chi connectivity index (χ1) is 19.8. The number of rotatable bonds is 7. The molecule has 6 nitrogen and oxygen atoms in total. The summed E-state index contributed by atoms with van der Waals surface area (Å²) in [6, 6.07) is 45.1. The van der Waals surface area contributed by atoms with Crippen LogP contribution in [-0.2, 0) is 0 Å². The molecule has 5 aromatic carbocycles. The van der Waals surface area contributed by atoms with Gasteiger partial charge in [0.05, 0.1) is 17.8 Å². The van der Waals surface area contributed by atoms with Crippen molar-refractivity contribution >= 4 is 24.3 Å². The van der Waals surface area contributed by atoms with Gasteiger partial charge in [0.2, 0.25) is 0 Å². The predicted octanol–water partition coefficient (Wildman–Crippen LogP) is 5.43. The van der Waals surface area contributed by atoms with Crippen molar-refractivity contribution in [3.05, 3.63) is 168 Å². The van der Waals surface area contributed by atoms with Gasteiger partial charge in [-0.15, -0.1) is 0 Å². The normalized spacial score (nSPS) is 12.4. The average molecular weight is 571 g/mol. The average Bonchev–Trinajstić information content (AvgIpc) is 3.04. The second kappa shape index (κ2) is 16.2. The van der Waals surface area contributed by atoms with Crippen LogP contribution < -0.4 is 10.6 Å². The van der Waals surface area contributed by atoms with E-state index in [0.717, 1.165) is 11.1 Å². The van der Waals surface area contributed by atoms with Crippen molar-refractivity contribution in [3.8, 4) is 0 Å². The standard InChI is InChI=1S/C15H16O2.C12H13O2P.C7H6O2/c16-14(12-7-3-1-4-8-12)11-15(17)13-9-5-2-6-10-13;13-15(14,11-7-3-1-4-8-11)12-9-5-2-6-10-12;8-7(9)6-4-2-1-3-5-6/h1-10,14-17H,11H2;1-10,13-15H;1-5H,(H,8,9). The van der Waals surface area contributed by atoms with E-state index >= 15 is 0 Å². The van der Waals surface area contributed by atoms with Crippen molar-refractivity contribution in [3.63, 3.8) is 0 Å². The van der Waals surface area contributed by atoms with Gasteiger partial charge in [-0.1, -0.05) is 78.9 Å². The molecule has 0 bridgehead atoms. The molecule has 0 aliphatic rings. The maximum absolute atomic E-state index is 10.2. The monoisotopic (exact) mass is 570 g/mol. The van der Waals surface area contributed by atoms with Crippen LogP contribution in [0.2, 0.25) is 0 Å². The molecule has 0 spiro atoms. The summed E-state index contributed by atoms with van der Waals surface area (Å²) in [7, 11) is -3.46. The van der Waals surface area contributed by atoms with Gasteiger partial charge in [0.15, 0.2) is 0 Å². The molecule has 5 N–H and O–H groups in total. The molecule has 0 saturated carbocycles. The molecule has 5 rings (SSSR count). The van der Waals surface area contributed by atoms with E-state index < -0.39 is 25.9 Å². The number of hydrogen-bond acceptors (Lipinski definition) is 5. The molecule has 0 heterocycles. The summed E-state index contributed by atoms with van der Waals surface area (Å²) < 4.78 is 0. The van der Waals surface area contributed by atoms with Gasteiger partial charge in [0, 0.05) is 6.42 Å². The number of hydrogen-bond donors (Lipinski definition) is 5. The van der Waals surface area contributed by atoms with Crippen molar-refractivity contribution in [1.29, 1.82) is 0 Å². The predicted molar refractivity (Wildman–Crippen MR) is 166 cm³/mol. The van der Waals surface area contributed by atoms with E-state index in [-0.39, 0.29) is 0 Å². The molecule has 0 fully saturated rings. The summed E-state index contributed by atoms with van der Waals surface area (Å²) in [6.45, 7) is 0. The first kappa shape index (κ1) is 31.4. The van der Waals surface area contributed by atoms with E-state index in [2.05, 4.69) is 0 Å². The summed E-state index contributed by atoms with van der Waals surface area (Å²) in [5.41, 5.74) is 2.00. The van der Waals surface area contributed by atoms with Crippen LogP contribution in [0, 0.1) is 0 Å². The van der Waals surface area contributed by atoms with Crippen molar-refractivity contribution in [2.45, 2.75) is 18.6 Å². The molecule has 41 heavy (non-hydrogen) atoms. The SMILES string of the molecule is O=C(O)c1ccccc1.OC(CC(O)c1ccccc1)c1ccccc1.O[PH](O)(c1ccccc1)c1ccccc1. The molecule has 2 unspecified atom stereocenters. The molecule has 0 aromatic heterocycles. The number of aromatic carboxylic acids is 1. The zero-order valence-electron chi connectivity index (χ0n) is 22.4. The third-order valence-electron chi connectivity index (χ3n) is 6.19. The van der Waals surface area contributed by atoms with Gasteiger partial charge in [0.1, 0.15) is 0 Å². The Morgan fingerprint density at radius 3 is 1.10 bits per heavy atom. The molecule has 2 atom stereocenters. The molecule has 212 valence electrons. The Labute approximate surface area is 241 Å². The quantitative estimate of drug-likeness (QED) is 0.167. The summed E-state index contributed by atoms with van der Waals surface area (Å²) in [4.78, 5) is 30.5. The number of benzene rings is 5. The van der Waals surface area contributed by atoms with Crippen molar-refractivity contribution in [2.24, 2.45) is 0 Å². The van der Waals surface area contributed by atoms with Crippen molar-refractivity contribution < 1.29 is 29.9 Å². The summed E-state index contributed by atoms with van der Waals surface area (Å²) in [6.07, 6.45) is -0.952. The van der Waals surface area contributed by atoms with Gasteiger partial charge in [-0.3, -0.25) is 0 Å². The van der Waals surface area contributed by atoms with Gasteiger partial charge in [-0.05, 0) is 23.3 Å². The molecule has 0 amide bonds. The fourth-order valence-electron chi connectivity index (χ4n) is 3.92. The molecular formula is C34H35O6P. The zero-order chi connectivity index (χ0) is 29.5. The van der Waals surface area contributed by atoms with Crippen LogP contribution in [-0.4, -0.2) is 31.1 Å². The Morgan fingerprint density at radius 2 is 0.805 bits per heavy atom.